The number of carboxylic acids is 1. The Balaban J connectivity index is 2.09. The summed E-state index contributed by atoms with van der Waals surface area (Å²) in [7, 11) is 0. The van der Waals surface area contributed by atoms with Crippen LogP contribution in [-0.4, -0.2) is 32.7 Å². The normalized spacial score (nSPS) is 16.6. The summed E-state index contributed by atoms with van der Waals surface area (Å²) in [5, 5.41) is 8.66. The molecule has 0 aromatic heterocycles. The lowest BCUT2D eigenvalue weighted by Crippen LogP contribution is -2.29. The molecule has 0 spiro atoms. The second kappa shape index (κ2) is 7.56. The van der Waals surface area contributed by atoms with Crippen LogP contribution in [0.5, 0.6) is 0 Å². The number of aryl methyl sites for hydroxylation is 1. The van der Waals surface area contributed by atoms with E-state index >= 15 is 0 Å². The number of amides is 1. The van der Waals surface area contributed by atoms with Crippen molar-refractivity contribution in [2.24, 2.45) is 0 Å². The van der Waals surface area contributed by atoms with Gasteiger partial charge in [0, 0.05) is 13.0 Å². The summed E-state index contributed by atoms with van der Waals surface area (Å²) in [4.78, 5) is 25.0. The highest BCUT2D eigenvalue weighted by atomic mass is 32.2. The zero-order valence-electron chi connectivity index (χ0n) is 12.2. The maximum atomic E-state index is 12.4. The molecule has 0 unspecified atom stereocenters. The third-order valence-corrected chi connectivity index (χ3v) is 4.68. The minimum absolute atomic E-state index is 0.0364. The fourth-order valence-corrected chi connectivity index (χ4v) is 3.44. The number of carboxylic acid groups (broad SMARTS) is 1. The van der Waals surface area contributed by atoms with Crippen LogP contribution in [-0.2, 0) is 16.0 Å². The Morgan fingerprint density at radius 2 is 2.23 bits per heavy atom. The second-order valence-electron chi connectivity index (χ2n) is 4.93. The van der Waals surface area contributed by atoms with Crippen molar-refractivity contribution in [1.29, 1.82) is 0 Å². The molecule has 1 amide bonds. The van der Waals surface area contributed by atoms with E-state index in [0.29, 0.717) is 22.2 Å². The first-order chi connectivity index (χ1) is 10.5. The minimum atomic E-state index is -0.864. The van der Waals surface area contributed by atoms with Crippen molar-refractivity contribution in [1.82, 2.24) is 4.90 Å². The number of carbonyl (C=O) groups excluding carboxylic acids is 1. The highest BCUT2D eigenvalue weighted by Gasteiger charge is 2.31. The number of benzene rings is 1. The van der Waals surface area contributed by atoms with E-state index in [0.717, 1.165) is 12.0 Å². The number of thioether (sulfide) groups is 1. The van der Waals surface area contributed by atoms with Crippen molar-refractivity contribution in [3.05, 3.63) is 40.3 Å². The van der Waals surface area contributed by atoms with Crippen LogP contribution < -0.4 is 0 Å². The molecule has 22 heavy (non-hydrogen) atoms. The van der Waals surface area contributed by atoms with Crippen molar-refractivity contribution in [3.63, 3.8) is 0 Å². The maximum absolute atomic E-state index is 12.4. The molecular weight excluding hydrogens is 318 g/mol. The topological polar surface area (TPSA) is 57.6 Å². The van der Waals surface area contributed by atoms with Crippen molar-refractivity contribution in [2.45, 2.75) is 26.2 Å². The van der Waals surface area contributed by atoms with Crippen LogP contribution in [0.4, 0.5) is 0 Å². The third-order valence-electron chi connectivity index (χ3n) is 3.30. The zero-order chi connectivity index (χ0) is 16.1. The summed E-state index contributed by atoms with van der Waals surface area (Å²) in [6.07, 6.45) is 3.22. The lowest BCUT2D eigenvalue weighted by atomic mass is 10.1. The molecule has 0 saturated carbocycles. The molecule has 0 radical (unpaired) electrons. The molecule has 116 valence electrons. The van der Waals surface area contributed by atoms with Crippen molar-refractivity contribution < 1.29 is 14.7 Å². The van der Waals surface area contributed by atoms with Crippen LogP contribution in [0.15, 0.2) is 29.2 Å². The van der Waals surface area contributed by atoms with E-state index in [1.54, 1.807) is 0 Å². The zero-order valence-corrected chi connectivity index (χ0v) is 13.9. The first kappa shape index (κ1) is 16.7. The monoisotopic (exact) mass is 335 g/mol. The van der Waals surface area contributed by atoms with Crippen LogP contribution in [0.3, 0.4) is 0 Å². The standard InChI is InChI=1S/C16H17NO3S2/c1-2-11-5-3-6-12(9-11)10-13-15(20)17(16(21)22-13)8-4-7-14(18)19/h3,5-6,9-10H,2,4,7-8H2,1H3,(H,18,19)/b13-10-. The Morgan fingerprint density at radius 1 is 1.45 bits per heavy atom. The van der Waals surface area contributed by atoms with Gasteiger partial charge < -0.3 is 5.11 Å². The van der Waals surface area contributed by atoms with Gasteiger partial charge >= 0.3 is 5.97 Å². The predicted octanol–water partition coefficient (Wildman–Crippen LogP) is 3.32. The van der Waals surface area contributed by atoms with E-state index in [1.807, 2.05) is 18.2 Å². The summed E-state index contributed by atoms with van der Waals surface area (Å²) >= 11 is 6.49. The number of rotatable bonds is 6. The Bertz CT molecular complexity index is 640. The average molecular weight is 335 g/mol. The van der Waals surface area contributed by atoms with Crippen LogP contribution in [0.2, 0.25) is 0 Å². The highest BCUT2D eigenvalue weighted by molar-refractivity contribution is 8.26. The van der Waals surface area contributed by atoms with E-state index in [9.17, 15) is 9.59 Å². The second-order valence-corrected chi connectivity index (χ2v) is 6.60. The largest absolute Gasteiger partial charge is 0.481 e. The molecule has 4 nitrogen and oxygen atoms in total. The number of hydrogen-bond acceptors (Lipinski definition) is 4. The number of thiocarbonyl (C=S) groups is 1. The van der Waals surface area contributed by atoms with Crippen LogP contribution in [0.1, 0.15) is 30.9 Å². The van der Waals surface area contributed by atoms with Crippen molar-refractivity contribution >= 4 is 46.3 Å². The van der Waals surface area contributed by atoms with Gasteiger partial charge in [0.2, 0.25) is 0 Å². The smallest absolute Gasteiger partial charge is 0.303 e. The van der Waals surface area contributed by atoms with Gasteiger partial charge in [-0.05, 0) is 30.0 Å². The highest BCUT2D eigenvalue weighted by Crippen LogP contribution is 2.32. The van der Waals surface area contributed by atoms with Gasteiger partial charge in [0.1, 0.15) is 4.32 Å². The van der Waals surface area contributed by atoms with Gasteiger partial charge in [0.15, 0.2) is 0 Å². The first-order valence-corrected chi connectivity index (χ1v) is 8.30. The van der Waals surface area contributed by atoms with E-state index in [4.69, 9.17) is 17.3 Å². The summed E-state index contributed by atoms with van der Waals surface area (Å²) in [6, 6.07) is 8.03. The molecule has 1 N–H and O–H groups in total. The lowest BCUT2D eigenvalue weighted by Gasteiger charge is -2.13. The lowest BCUT2D eigenvalue weighted by molar-refractivity contribution is -0.137. The molecular formula is C16H17NO3S2. The molecule has 1 fully saturated rings. The number of nitrogens with zero attached hydrogens (tertiary/aromatic N) is 1. The van der Waals surface area contributed by atoms with Gasteiger partial charge in [-0.3, -0.25) is 14.5 Å². The maximum Gasteiger partial charge on any atom is 0.303 e. The molecule has 1 saturated heterocycles. The molecule has 0 aliphatic carbocycles. The molecule has 1 heterocycles. The van der Waals surface area contributed by atoms with Gasteiger partial charge in [-0.25, -0.2) is 0 Å². The number of carbonyl (C=O) groups is 2. The summed E-state index contributed by atoms with van der Waals surface area (Å²) in [5.74, 6) is -1.00. The fraction of sp³-hybridized carbons (Fsp3) is 0.312. The molecule has 1 aromatic rings. The quantitative estimate of drug-likeness (QED) is 0.638. The van der Waals surface area contributed by atoms with Crippen LogP contribution >= 0.6 is 24.0 Å². The minimum Gasteiger partial charge on any atom is -0.481 e. The first-order valence-electron chi connectivity index (χ1n) is 7.07. The molecule has 2 rings (SSSR count). The van der Waals surface area contributed by atoms with Gasteiger partial charge in [-0.1, -0.05) is 55.2 Å². The molecule has 1 aromatic carbocycles. The van der Waals surface area contributed by atoms with Crippen molar-refractivity contribution in [2.75, 3.05) is 6.54 Å². The van der Waals surface area contributed by atoms with Crippen LogP contribution in [0, 0.1) is 0 Å². The summed E-state index contributed by atoms with van der Waals surface area (Å²) < 4.78 is 0.494. The van der Waals surface area contributed by atoms with Gasteiger partial charge in [-0.15, -0.1) is 0 Å². The Morgan fingerprint density at radius 3 is 2.91 bits per heavy atom. The summed E-state index contributed by atoms with van der Waals surface area (Å²) in [6.45, 7) is 2.43. The molecule has 1 aliphatic heterocycles. The van der Waals surface area contributed by atoms with Crippen LogP contribution in [0.25, 0.3) is 6.08 Å². The molecule has 6 heteroatoms. The fourth-order valence-electron chi connectivity index (χ4n) is 2.14. The Labute approximate surface area is 139 Å². The van der Waals surface area contributed by atoms with Crippen molar-refractivity contribution in [3.8, 4) is 0 Å². The number of aliphatic carboxylic acids is 1. The molecule has 0 bridgehead atoms. The predicted molar refractivity (Wildman–Crippen MR) is 92.6 cm³/mol. The number of hydrogen-bond donors (Lipinski definition) is 1. The van der Waals surface area contributed by atoms with Gasteiger partial charge in [0.05, 0.1) is 4.91 Å². The Hall–Kier alpha value is -1.66. The van der Waals surface area contributed by atoms with E-state index in [1.165, 1.54) is 22.2 Å². The van der Waals surface area contributed by atoms with E-state index in [2.05, 4.69) is 19.1 Å². The SMILES string of the molecule is CCc1cccc(/C=C2\SC(=S)N(CCCC(=O)O)C2=O)c1. The van der Waals surface area contributed by atoms with E-state index < -0.39 is 5.97 Å². The average Bonchev–Trinajstić information content (AvgIpc) is 2.74. The van der Waals surface area contributed by atoms with E-state index in [-0.39, 0.29) is 12.3 Å². The molecule has 1 aliphatic rings. The summed E-state index contributed by atoms with van der Waals surface area (Å²) in [5.41, 5.74) is 2.19. The molecule has 0 atom stereocenters. The van der Waals surface area contributed by atoms with Gasteiger partial charge in [-0.2, -0.15) is 0 Å². The Kier molecular flexibility index (Phi) is 5.74. The van der Waals surface area contributed by atoms with Gasteiger partial charge in [0.25, 0.3) is 5.91 Å². The third kappa shape index (κ3) is 4.18.